The predicted molar refractivity (Wildman–Crippen MR) is 149 cm³/mol. The van der Waals surface area contributed by atoms with E-state index in [0.717, 1.165) is 0 Å². The maximum absolute atomic E-state index is 13.4. The number of aromatic hydroxyl groups is 1. The minimum absolute atomic E-state index is 0.00639. The number of phenolic OH excluding ortho intramolecular Hbond substituents is 1. The minimum Gasteiger partial charge on any atom is -0.508 e. The van der Waals surface area contributed by atoms with Crippen LogP contribution in [0.1, 0.15) is 38.2 Å². The van der Waals surface area contributed by atoms with Crippen LogP contribution in [0.4, 0.5) is 0 Å². The number of rotatable bonds is 17. The Kier molecular flexibility index (Phi) is 14.3. The zero-order valence-electron chi connectivity index (χ0n) is 22.4. The molecule has 0 heterocycles. The molecule has 1 rings (SSSR count). The Balaban J connectivity index is 3.08. The predicted octanol–water partition coefficient (Wildman–Crippen LogP) is -3.07. The van der Waals surface area contributed by atoms with Crippen LogP contribution < -0.4 is 44.6 Å². The zero-order chi connectivity index (χ0) is 30.2. The number of nitrogens with one attached hydrogen (secondary N) is 3. The number of carbonyl (C=O) groups excluding carboxylic acids is 3. The Labute approximate surface area is 231 Å². The van der Waals surface area contributed by atoms with E-state index in [1.54, 1.807) is 12.1 Å². The van der Waals surface area contributed by atoms with Gasteiger partial charge in [-0.3, -0.25) is 29.2 Å². The average Bonchev–Trinajstić information content (AvgIpc) is 2.88. The van der Waals surface area contributed by atoms with E-state index < -0.39 is 47.9 Å². The molecule has 4 atom stereocenters. The number of carbonyl (C=O) groups is 4. The van der Waals surface area contributed by atoms with Gasteiger partial charge in [-0.25, -0.2) is 0 Å². The molecule has 1 aromatic rings. The van der Waals surface area contributed by atoms with E-state index in [1.165, 1.54) is 19.1 Å². The van der Waals surface area contributed by atoms with Crippen molar-refractivity contribution in [2.45, 2.75) is 63.2 Å². The topological polar surface area (TPSA) is 300 Å². The first-order chi connectivity index (χ1) is 18.8. The van der Waals surface area contributed by atoms with Gasteiger partial charge in [-0.1, -0.05) is 12.1 Å². The highest BCUT2D eigenvalue weighted by molar-refractivity contribution is 5.94. The van der Waals surface area contributed by atoms with Crippen molar-refractivity contribution in [1.82, 2.24) is 16.0 Å². The number of amides is 3. The molecule has 16 nitrogen and oxygen atoms in total. The van der Waals surface area contributed by atoms with Crippen LogP contribution in [0, 0.1) is 0 Å². The van der Waals surface area contributed by atoms with E-state index in [1.807, 2.05) is 0 Å². The standard InChI is InChI=1S/C24H40N10O6/c1-13(22(39)40)32-20(37)17(5-3-11-31-24(28)29)33-21(38)18(12-14-6-8-15(35)9-7-14)34-19(36)16(25)4-2-10-30-23(26)27/h6-9,13,16-18,35H,2-5,10-12,25H2,1H3,(H,32,37)(H,33,38)(H,34,36)(H,39,40)(H4,26,27,30)(H4,28,29,31). The molecule has 0 radical (unpaired) electrons. The molecule has 0 spiro atoms. The molecule has 0 saturated carbocycles. The summed E-state index contributed by atoms with van der Waals surface area (Å²) in [7, 11) is 0. The number of hydrogen-bond donors (Lipinski definition) is 10. The highest BCUT2D eigenvalue weighted by Gasteiger charge is 2.29. The Hall–Kier alpha value is -4.60. The van der Waals surface area contributed by atoms with Gasteiger partial charge in [-0.2, -0.15) is 0 Å². The van der Waals surface area contributed by atoms with Crippen LogP contribution in [-0.4, -0.2) is 83.1 Å². The minimum atomic E-state index is -1.26. The zero-order valence-corrected chi connectivity index (χ0v) is 22.4. The molecular weight excluding hydrogens is 524 g/mol. The number of benzene rings is 1. The molecule has 16 heteroatoms. The van der Waals surface area contributed by atoms with Crippen molar-refractivity contribution < 1.29 is 29.4 Å². The Bertz CT molecular complexity index is 1050. The molecule has 0 aliphatic rings. The van der Waals surface area contributed by atoms with Gasteiger partial charge in [0.05, 0.1) is 6.04 Å². The number of carboxylic acids is 1. The lowest BCUT2D eigenvalue weighted by atomic mass is 10.0. The Morgan fingerprint density at radius 2 is 1.30 bits per heavy atom. The molecular formula is C24H40N10O6. The lowest BCUT2D eigenvalue weighted by Gasteiger charge is -2.25. The maximum atomic E-state index is 13.4. The van der Waals surface area contributed by atoms with Gasteiger partial charge < -0.3 is 54.8 Å². The summed E-state index contributed by atoms with van der Waals surface area (Å²) in [6.07, 6.45) is 1.02. The van der Waals surface area contributed by atoms with E-state index in [0.29, 0.717) is 12.0 Å². The molecule has 3 amide bonds. The van der Waals surface area contributed by atoms with Gasteiger partial charge in [0.25, 0.3) is 0 Å². The summed E-state index contributed by atoms with van der Waals surface area (Å²) in [5.41, 5.74) is 27.8. The number of aliphatic carboxylic acids is 1. The maximum Gasteiger partial charge on any atom is 0.325 e. The van der Waals surface area contributed by atoms with Crippen molar-refractivity contribution in [1.29, 1.82) is 0 Å². The van der Waals surface area contributed by atoms with Crippen LogP contribution in [0.3, 0.4) is 0 Å². The molecule has 0 aromatic heterocycles. The first-order valence-electron chi connectivity index (χ1n) is 12.6. The van der Waals surface area contributed by atoms with Gasteiger partial charge in [-0.05, 0) is 50.3 Å². The second-order valence-electron chi connectivity index (χ2n) is 9.07. The van der Waals surface area contributed by atoms with Gasteiger partial charge >= 0.3 is 5.97 Å². The number of carboxylic acid groups (broad SMARTS) is 1. The van der Waals surface area contributed by atoms with Crippen LogP contribution in [0.25, 0.3) is 0 Å². The van der Waals surface area contributed by atoms with Crippen molar-refractivity contribution in [3.63, 3.8) is 0 Å². The molecule has 4 unspecified atom stereocenters. The van der Waals surface area contributed by atoms with Crippen LogP contribution in [0.5, 0.6) is 5.75 Å². The fourth-order valence-corrected chi connectivity index (χ4v) is 3.43. The van der Waals surface area contributed by atoms with Crippen molar-refractivity contribution in [2.75, 3.05) is 13.1 Å². The van der Waals surface area contributed by atoms with E-state index in [9.17, 15) is 24.3 Å². The van der Waals surface area contributed by atoms with Crippen molar-refractivity contribution in [3.05, 3.63) is 29.8 Å². The SMILES string of the molecule is CC(NC(=O)C(CCCN=C(N)N)NC(=O)C(Cc1ccc(O)cc1)NC(=O)C(N)CCCN=C(N)N)C(=O)O. The quantitative estimate of drug-likeness (QED) is 0.0514. The molecule has 40 heavy (non-hydrogen) atoms. The highest BCUT2D eigenvalue weighted by atomic mass is 16.4. The summed E-state index contributed by atoms with van der Waals surface area (Å²) < 4.78 is 0. The fourth-order valence-electron chi connectivity index (χ4n) is 3.43. The highest BCUT2D eigenvalue weighted by Crippen LogP contribution is 2.12. The van der Waals surface area contributed by atoms with Crippen molar-refractivity contribution >= 4 is 35.6 Å². The molecule has 0 saturated heterocycles. The second-order valence-corrected chi connectivity index (χ2v) is 9.07. The molecule has 0 aliphatic heterocycles. The summed E-state index contributed by atoms with van der Waals surface area (Å²) >= 11 is 0. The summed E-state index contributed by atoms with van der Waals surface area (Å²) in [6.45, 7) is 1.71. The average molecular weight is 565 g/mol. The lowest BCUT2D eigenvalue weighted by Crippen LogP contribution is -2.57. The largest absolute Gasteiger partial charge is 0.508 e. The normalized spacial score (nSPS) is 13.6. The van der Waals surface area contributed by atoms with Crippen molar-refractivity contribution in [3.8, 4) is 5.75 Å². The van der Waals surface area contributed by atoms with Gasteiger partial charge in [0, 0.05) is 19.5 Å². The lowest BCUT2D eigenvalue weighted by molar-refractivity contribution is -0.141. The molecule has 0 fully saturated rings. The van der Waals surface area contributed by atoms with E-state index in [-0.39, 0.29) is 56.4 Å². The smallest absolute Gasteiger partial charge is 0.325 e. The fraction of sp³-hybridized carbons (Fsp3) is 0.500. The van der Waals surface area contributed by atoms with Crippen LogP contribution in [0.15, 0.2) is 34.3 Å². The van der Waals surface area contributed by atoms with Gasteiger partial charge in [0.1, 0.15) is 23.9 Å². The third-order valence-electron chi connectivity index (χ3n) is 5.62. The van der Waals surface area contributed by atoms with Crippen molar-refractivity contribution in [2.24, 2.45) is 38.7 Å². The third-order valence-corrected chi connectivity index (χ3v) is 5.62. The van der Waals surface area contributed by atoms with E-state index >= 15 is 0 Å². The van der Waals surface area contributed by atoms with Gasteiger partial charge in [0.15, 0.2) is 11.9 Å². The molecule has 1 aromatic carbocycles. The first-order valence-corrected chi connectivity index (χ1v) is 12.6. The summed E-state index contributed by atoms with van der Waals surface area (Å²) in [5, 5.41) is 26.3. The number of aliphatic imine (C=N–C) groups is 2. The molecule has 0 aliphatic carbocycles. The number of nitrogens with zero attached hydrogens (tertiary/aromatic N) is 2. The van der Waals surface area contributed by atoms with Crippen LogP contribution in [-0.2, 0) is 25.6 Å². The number of guanidine groups is 2. The molecule has 0 bridgehead atoms. The monoisotopic (exact) mass is 564 g/mol. The van der Waals surface area contributed by atoms with E-state index in [2.05, 4.69) is 25.9 Å². The van der Waals surface area contributed by atoms with Gasteiger partial charge in [-0.15, -0.1) is 0 Å². The van der Waals surface area contributed by atoms with Crippen LogP contribution in [0.2, 0.25) is 0 Å². The molecule has 222 valence electrons. The van der Waals surface area contributed by atoms with Crippen LogP contribution >= 0.6 is 0 Å². The third kappa shape index (κ3) is 13.3. The second kappa shape index (κ2) is 17.1. The summed E-state index contributed by atoms with van der Waals surface area (Å²) in [5.74, 6) is -3.53. The number of phenols is 1. The Morgan fingerprint density at radius 3 is 1.82 bits per heavy atom. The van der Waals surface area contributed by atoms with E-state index in [4.69, 9.17) is 33.8 Å². The Morgan fingerprint density at radius 1 is 0.800 bits per heavy atom. The van der Waals surface area contributed by atoms with Gasteiger partial charge in [0.2, 0.25) is 17.7 Å². The summed E-state index contributed by atoms with van der Waals surface area (Å²) in [6, 6.07) is 1.49. The first kappa shape index (κ1) is 33.4. The number of nitrogens with two attached hydrogens (primary N) is 5. The molecule has 15 N–H and O–H groups in total. The summed E-state index contributed by atoms with van der Waals surface area (Å²) in [4.78, 5) is 57.9. The number of hydrogen-bond acceptors (Lipinski definition) is 8.